The molecule has 106 valence electrons. The van der Waals surface area contributed by atoms with Gasteiger partial charge in [0.05, 0.1) is 18.1 Å². The fraction of sp³-hybridized carbons (Fsp3) is 0.125. The van der Waals surface area contributed by atoms with E-state index in [9.17, 15) is 4.39 Å². The molecule has 1 heterocycles. The SMILES string of the molecule is CC(Nc1ccc(-n2nccn2)cc1)c1cccc(F)c1. The lowest BCUT2D eigenvalue weighted by Gasteiger charge is -2.16. The Balaban J connectivity index is 1.73. The summed E-state index contributed by atoms with van der Waals surface area (Å²) >= 11 is 0. The Morgan fingerprint density at radius 1 is 1.05 bits per heavy atom. The summed E-state index contributed by atoms with van der Waals surface area (Å²) in [4.78, 5) is 1.56. The lowest BCUT2D eigenvalue weighted by atomic mass is 10.1. The fourth-order valence-electron chi connectivity index (χ4n) is 2.15. The second-order valence-corrected chi connectivity index (χ2v) is 4.79. The zero-order chi connectivity index (χ0) is 14.7. The minimum atomic E-state index is -0.221. The number of hydrogen-bond acceptors (Lipinski definition) is 3. The molecule has 2 aromatic carbocycles. The molecule has 0 spiro atoms. The van der Waals surface area contributed by atoms with Crippen molar-refractivity contribution < 1.29 is 4.39 Å². The van der Waals surface area contributed by atoms with E-state index in [1.807, 2.05) is 37.3 Å². The van der Waals surface area contributed by atoms with E-state index in [1.165, 1.54) is 6.07 Å². The van der Waals surface area contributed by atoms with Crippen LogP contribution in [-0.2, 0) is 0 Å². The summed E-state index contributed by atoms with van der Waals surface area (Å²) in [5, 5.41) is 11.5. The number of benzene rings is 2. The van der Waals surface area contributed by atoms with Crippen molar-refractivity contribution in [1.29, 1.82) is 0 Å². The van der Waals surface area contributed by atoms with Crippen molar-refractivity contribution in [3.8, 4) is 5.69 Å². The van der Waals surface area contributed by atoms with Crippen molar-refractivity contribution in [1.82, 2.24) is 15.0 Å². The molecule has 5 heteroatoms. The molecule has 0 aliphatic heterocycles. The summed E-state index contributed by atoms with van der Waals surface area (Å²) < 4.78 is 13.2. The Bertz CT molecular complexity index is 707. The molecule has 0 radical (unpaired) electrons. The van der Waals surface area contributed by atoms with Crippen LogP contribution in [0.2, 0.25) is 0 Å². The number of rotatable bonds is 4. The molecule has 1 aromatic heterocycles. The van der Waals surface area contributed by atoms with E-state index in [0.717, 1.165) is 16.9 Å². The highest BCUT2D eigenvalue weighted by Crippen LogP contribution is 2.20. The maximum absolute atomic E-state index is 13.2. The number of hydrogen-bond donors (Lipinski definition) is 1. The minimum Gasteiger partial charge on any atom is -0.379 e. The van der Waals surface area contributed by atoms with Gasteiger partial charge in [-0.05, 0) is 48.9 Å². The van der Waals surface area contributed by atoms with Gasteiger partial charge in [-0.2, -0.15) is 15.0 Å². The third-order valence-electron chi connectivity index (χ3n) is 3.25. The van der Waals surface area contributed by atoms with Crippen LogP contribution in [0.1, 0.15) is 18.5 Å². The van der Waals surface area contributed by atoms with Gasteiger partial charge in [0, 0.05) is 11.7 Å². The van der Waals surface area contributed by atoms with Crippen molar-refractivity contribution in [3.05, 3.63) is 72.3 Å². The molecule has 0 bridgehead atoms. The number of nitrogens with one attached hydrogen (secondary N) is 1. The van der Waals surface area contributed by atoms with Crippen molar-refractivity contribution in [2.75, 3.05) is 5.32 Å². The molecule has 3 rings (SSSR count). The molecule has 0 amide bonds. The van der Waals surface area contributed by atoms with E-state index in [-0.39, 0.29) is 11.9 Å². The molecule has 4 nitrogen and oxygen atoms in total. The van der Waals surface area contributed by atoms with Crippen LogP contribution in [0.4, 0.5) is 10.1 Å². The zero-order valence-electron chi connectivity index (χ0n) is 11.6. The molecule has 1 atom stereocenters. The van der Waals surface area contributed by atoms with Crippen LogP contribution in [0.3, 0.4) is 0 Å². The second kappa shape index (κ2) is 5.75. The lowest BCUT2D eigenvalue weighted by molar-refractivity contribution is 0.623. The normalized spacial score (nSPS) is 12.1. The first-order valence-electron chi connectivity index (χ1n) is 6.71. The molecular weight excluding hydrogens is 267 g/mol. The summed E-state index contributed by atoms with van der Waals surface area (Å²) in [7, 11) is 0. The van der Waals surface area contributed by atoms with Crippen LogP contribution in [0.25, 0.3) is 5.69 Å². The van der Waals surface area contributed by atoms with E-state index in [0.29, 0.717) is 0 Å². The molecule has 1 unspecified atom stereocenters. The first-order valence-corrected chi connectivity index (χ1v) is 6.71. The van der Waals surface area contributed by atoms with Crippen molar-refractivity contribution in [2.24, 2.45) is 0 Å². The van der Waals surface area contributed by atoms with Gasteiger partial charge in [-0.25, -0.2) is 4.39 Å². The Hall–Kier alpha value is -2.69. The summed E-state index contributed by atoms with van der Waals surface area (Å²) in [5.74, 6) is -0.221. The van der Waals surface area contributed by atoms with E-state index in [1.54, 1.807) is 29.3 Å². The van der Waals surface area contributed by atoms with E-state index >= 15 is 0 Å². The van der Waals surface area contributed by atoms with E-state index in [4.69, 9.17) is 0 Å². The van der Waals surface area contributed by atoms with Crippen molar-refractivity contribution in [3.63, 3.8) is 0 Å². The Morgan fingerprint density at radius 2 is 1.76 bits per heavy atom. The van der Waals surface area contributed by atoms with Crippen LogP contribution < -0.4 is 5.32 Å². The van der Waals surface area contributed by atoms with Crippen molar-refractivity contribution in [2.45, 2.75) is 13.0 Å². The fourth-order valence-corrected chi connectivity index (χ4v) is 2.15. The molecule has 0 aliphatic rings. The maximum Gasteiger partial charge on any atom is 0.123 e. The highest BCUT2D eigenvalue weighted by atomic mass is 19.1. The largest absolute Gasteiger partial charge is 0.379 e. The lowest BCUT2D eigenvalue weighted by Crippen LogP contribution is -2.07. The quantitative estimate of drug-likeness (QED) is 0.795. The average molecular weight is 282 g/mol. The molecule has 1 N–H and O–H groups in total. The standard InChI is InChI=1S/C16H15FN4/c1-12(13-3-2-4-14(17)11-13)20-15-5-7-16(8-6-15)21-18-9-10-19-21/h2-12,20H,1H3. The first kappa shape index (κ1) is 13.3. The molecule has 21 heavy (non-hydrogen) atoms. The predicted molar refractivity (Wildman–Crippen MR) is 79.8 cm³/mol. The van der Waals surface area contributed by atoms with Gasteiger partial charge in [-0.3, -0.25) is 0 Å². The maximum atomic E-state index is 13.2. The minimum absolute atomic E-state index is 0.0226. The van der Waals surface area contributed by atoms with Crippen LogP contribution in [-0.4, -0.2) is 15.0 Å². The number of anilines is 1. The van der Waals surface area contributed by atoms with Gasteiger partial charge >= 0.3 is 0 Å². The molecule has 0 saturated carbocycles. The first-order chi connectivity index (χ1) is 10.2. The molecule has 0 saturated heterocycles. The Kier molecular flexibility index (Phi) is 3.64. The molecule has 3 aromatic rings. The molecule has 0 aliphatic carbocycles. The average Bonchev–Trinajstić information content (AvgIpc) is 3.02. The van der Waals surface area contributed by atoms with Gasteiger partial charge in [-0.1, -0.05) is 12.1 Å². The van der Waals surface area contributed by atoms with Gasteiger partial charge in [0.2, 0.25) is 0 Å². The predicted octanol–water partition coefficient (Wildman–Crippen LogP) is 3.58. The van der Waals surface area contributed by atoms with Crippen LogP contribution in [0.5, 0.6) is 0 Å². The van der Waals surface area contributed by atoms with Gasteiger partial charge in [0.15, 0.2) is 0 Å². The number of halogens is 1. The second-order valence-electron chi connectivity index (χ2n) is 4.79. The third kappa shape index (κ3) is 3.08. The monoisotopic (exact) mass is 282 g/mol. The topological polar surface area (TPSA) is 42.7 Å². The third-order valence-corrected chi connectivity index (χ3v) is 3.25. The highest BCUT2D eigenvalue weighted by Gasteiger charge is 2.06. The number of aromatic nitrogens is 3. The van der Waals surface area contributed by atoms with Crippen LogP contribution in [0, 0.1) is 5.82 Å². The summed E-state index contributed by atoms with van der Waals surface area (Å²) in [5.41, 5.74) is 2.76. The molecular formula is C16H15FN4. The Morgan fingerprint density at radius 3 is 2.43 bits per heavy atom. The van der Waals surface area contributed by atoms with Gasteiger partial charge in [0.25, 0.3) is 0 Å². The highest BCUT2D eigenvalue weighted by molar-refractivity contribution is 5.49. The van der Waals surface area contributed by atoms with Gasteiger partial charge in [-0.15, -0.1) is 0 Å². The number of nitrogens with zero attached hydrogens (tertiary/aromatic N) is 3. The van der Waals surface area contributed by atoms with Gasteiger partial charge in [0.1, 0.15) is 5.82 Å². The van der Waals surface area contributed by atoms with E-state index < -0.39 is 0 Å². The van der Waals surface area contributed by atoms with Crippen molar-refractivity contribution >= 4 is 5.69 Å². The Labute approximate surface area is 122 Å². The summed E-state index contributed by atoms with van der Waals surface area (Å²) in [6, 6.07) is 14.4. The van der Waals surface area contributed by atoms with E-state index in [2.05, 4.69) is 15.5 Å². The van der Waals surface area contributed by atoms with Crippen LogP contribution in [0.15, 0.2) is 60.9 Å². The van der Waals surface area contributed by atoms with Crippen LogP contribution >= 0.6 is 0 Å². The van der Waals surface area contributed by atoms with Gasteiger partial charge < -0.3 is 5.32 Å². The smallest absolute Gasteiger partial charge is 0.123 e. The summed E-state index contributed by atoms with van der Waals surface area (Å²) in [6.45, 7) is 2.00. The zero-order valence-corrected chi connectivity index (χ0v) is 11.6. The summed E-state index contributed by atoms with van der Waals surface area (Å²) in [6.07, 6.45) is 3.27. The molecule has 0 fully saturated rings.